The average Bonchev–Trinajstić information content (AvgIpc) is 3.20. The second kappa shape index (κ2) is 5.75. The van der Waals surface area contributed by atoms with Crippen molar-refractivity contribution in [3.05, 3.63) is 28.0 Å². The van der Waals surface area contributed by atoms with Gasteiger partial charge >= 0.3 is 0 Å². The smallest absolute Gasteiger partial charge is 0.136 e. The van der Waals surface area contributed by atoms with Crippen LogP contribution in [0.2, 0.25) is 0 Å². The zero-order chi connectivity index (χ0) is 13.9. The van der Waals surface area contributed by atoms with E-state index in [0.717, 1.165) is 34.7 Å². The summed E-state index contributed by atoms with van der Waals surface area (Å²) in [7, 11) is 0. The van der Waals surface area contributed by atoms with E-state index in [1.54, 1.807) is 11.3 Å². The van der Waals surface area contributed by atoms with E-state index in [2.05, 4.69) is 37.9 Å². The highest BCUT2D eigenvalue weighted by molar-refractivity contribution is 7.09. The fourth-order valence-corrected chi connectivity index (χ4v) is 2.71. The topological polar surface area (TPSA) is 62.7 Å². The van der Waals surface area contributed by atoms with Crippen LogP contribution in [0.5, 0.6) is 0 Å². The Balaban J connectivity index is 1.73. The predicted octanol–water partition coefficient (Wildman–Crippen LogP) is 3.16. The Morgan fingerprint density at radius 3 is 2.55 bits per heavy atom. The van der Waals surface area contributed by atoms with Gasteiger partial charge in [0.05, 0.1) is 6.54 Å². The van der Waals surface area contributed by atoms with Gasteiger partial charge in [0.2, 0.25) is 0 Å². The quantitative estimate of drug-likeness (QED) is 0.855. The van der Waals surface area contributed by atoms with Crippen LogP contribution in [0, 0.1) is 6.92 Å². The summed E-state index contributed by atoms with van der Waals surface area (Å²) in [4.78, 5) is 13.6. The summed E-state index contributed by atoms with van der Waals surface area (Å²) in [5, 5.41) is 9.77. The normalized spacial score (nSPS) is 14.3. The van der Waals surface area contributed by atoms with Crippen LogP contribution < -0.4 is 10.6 Å². The first-order valence-corrected chi connectivity index (χ1v) is 7.90. The molecule has 0 aliphatic heterocycles. The molecule has 1 saturated carbocycles. The standard InChI is InChI=1S/C14H19N5S/c1-3-15-11-6-12(19-14(18-11)10-4-5-10)16-7-13-17-9(2)8-20-13/h6,8,10H,3-5,7H2,1-2H3,(H2,15,16,18,19). The van der Waals surface area contributed by atoms with Gasteiger partial charge in [0.1, 0.15) is 22.5 Å². The number of thiazole rings is 1. The van der Waals surface area contributed by atoms with E-state index >= 15 is 0 Å². The van der Waals surface area contributed by atoms with Gasteiger partial charge in [-0.1, -0.05) is 0 Å². The zero-order valence-electron chi connectivity index (χ0n) is 11.8. The lowest BCUT2D eigenvalue weighted by Crippen LogP contribution is -2.07. The number of aromatic nitrogens is 3. The molecule has 0 atom stereocenters. The molecule has 0 aromatic carbocycles. The Bertz CT molecular complexity index is 591. The summed E-state index contributed by atoms with van der Waals surface area (Å²) in [6.45, 7) is 5.67. The number of hydrogen-bond acceptors (Lipinski definition) is 6. The Kier molecular flexibility index (Phi) is 3.82. The van der Waals surface area contributed by atoms with Crippen molar-refractivity contribution in [1.29, 1.82) is 0 Å². The molecule has 2 N–H and O–H groups in total. The monoisotopic (exact) mass is 289 g/mol. The number of rotatable bonds is 6. The molecular weight excluding hydrogens is 270 g/mol. The number of aryl methyl sites for hydroxylation is 1. The summed E-state index contributed by atoms with van der Waals surface area (Å²) < 4.78 is 0. The third-order valence-electron chi connectivity index (χ3n) is 3.13. The number of anilines is 2. The van der Waals surface area contributed by atoms with Crippen molar-refractivity contribution in [1.82, 2.24) is 15.0 Å². The lowest BCUT2D eigenvalue weighted by molar-refractivity contribution is 0.917. The number of nitrogens with one attached hydrogen (secondary N) is 2. The first-order valence-electron chi connectivity index (χ1n) is 7.02. The highest BCUT2D eigenvalue weighted by atomic mass is 32.1. The molecule has 1 fully saturated rings. The SMILES string of the molecule is CCNc1cc(NCc2nc(C)cs2)nc(C2CC2)n1. The molecule has 5 nitrogen and oxygen atoms in total. The van der Waals surface area contributed by atoms with E-state index in [1.165, 1.54) is 12.8 Å². The second-order valence-electron chi connectivity index (χ2n) is 5.04. The Labute approximate surface area is 122 Å². The van der Waals surface area contributed by atoms with Gasteiger partial charge < -0.3 is 10.6 Å². The maximum absolute atomic E-state index is 4.61. The molecule has 2 aromatic rings. The van der Waals surface area contributed by atoms with E-state index in [0.29, 0.717) is 12.5 Å². The highest BCUT2D eigenvalue weighted by Gasteiger charge is 2.27. The van der Waals surface area contributed by atoms with Crippen LogP contribution in [0.25, 0.3) is 0 Å². The molecule has 2 heterocycles. The largest absolute Gasteiger partial charge is 0.370 e. The zero-order valence-corrected chi connectivity index (χ0v) is 12.6. The summed E-state index contributed by atoms with van der Waals surface area (Å²) in [5.74, 6) is 3.30. The Morgan fingerprint density at radius 2 is 1.95 bits per heavy atom. The third kappa shape index (κ3) is 3.25. The summed E-state index contributed by atoms with van der Waals surface area (Å²) >= 11 is 1.67. The van der Waals surface area contributed by atoms with Crippen molar-refractivity contribution in [3.8, 4) is 0 Å². The third-order valence-corrected chi connectivity index (χ3v) is 4.10. The van der Waals surface area contributed by atoms with Gasteiger partial charge in [-0.05, 0) is 26.7 Å². The lowest BCUT2D eigenvalue weighted by Gasteiger charge is -2.09. The van der Waals surface area contributed by atoms with E-state index in [9.17, 15) is 0 Å². The van der Waals surface area contributed by atoms with Crippen LogP contribution in [0.1, 0.15) is 42.2 Å². The lowest BCUT2D eigenvalue weighted by atomic mass is 10.3. The van der Waals surface area contributed by atoms with Crippen molar-refractivity contribution in [2.75, 3.05) is 17.2 Å². The van der Waals surface area contributed by atoms with Crippen molar-refractivity contribution in [2.45, 2.75) is 39.2 Å². The summed E-state index contributed by atoms with van der Waals surface area (Å²) in [6, 6.07) is 1.97. The van der Waals surface area contributed by atoms with Gasteiger partial charge in [-0.2, -0.15) is 0 Å². The molecule has 0 saturated heterocycles. The fourth-order valence-electron chi connectivity index (χ4n) is 2.00. The molecule has 20 heavy (non-hydrogen) atoms. The maximum Gasteiger partial charge on any atom is 0.136 e. The fraction of sp³-hybridized carbons (Fsp3) is 0.500. The molecule has 2 aromatic heterocycles. The number of nitrogens with zero attached hydrogens (tertiary/aromatic N) is 3. The molecule has 106 valence electrons. The van der Waals surface area contributed by atoms with Gasteiger partial charge in [-0.15, -0.1) is 11.3 Å². The minimum Gasteiger partial charge on any atom is -0.370 e. The van der Waals surface area contributed by atoms with Gasteiger partial charge in [0.25, 0.3) is 0 Å². The Morgan fingerprint density at radius 1 is 1.20 bits per heavy atom. The van der Waals surface area contributed by atoms with Crippen molar-refractivity contribution in [3.63, 3.8) is 0 Å². The first-order chi connectivity index (χ1) is 9.74. The molecule has 0 amide bonds. The summed E-state index contributed by atoms with van der Waals surface area (Å²) in [5.41, 5.74) is 1.07. The van der Waals surface area contributed by atoms with Gasteiger partial charge in [0, 0.05) is 29.6 Å². The van der Waals surface area contributed by atoms with E-state index in [1.807, 2.05) is 13.0 Å². The van der Waals surface area contributed by atoms with Crippen molar-refractivity contribution in [2.24, 2.45) is 0 Å². The van der Waals surface area contributed by atoms with Gasteiger partial charge in [0.15, 0.2) is 0 Å². The van der Waals surface area contributed by atoms with E-state index < -0.39 is 0 Å². The van der Waals surface area contributed by atoms with Crippen molar-refractivity contribution >= 4 is 23.0 Å². The van der Waals surface area contributed by atoms with E-state index in [4.69, 9.17) is 0 Å². The predicted molar refractivity (Wildman–Crippen MR) is 82.3 cm³/mol. The second-order valence-corrected chi connectivity index (χ2v) is 5.98. The van der Waals surface area contributed by atoms with Crippen molar-refractivity contribution < 1.29 is 0 Å². The minimum absolute atomic E-state index is 0.552. The molecule has 1 aliphatic rings. The molecule has 0 radical (unpaired) electrons. The molecule has 0 bridgehead atoms. The molecule has 3 rings (SSSR count). The highest BCUT2D eigenvalue weighted by Crippen LogP contribution is 2.38. The molecule has 1 aliphatic carbocycles. The first kappa shape index (κ1) is 13.3. The molecule has 0 spiro atoms. The van der Waals surface area contributed by atoms with Crippen LogP contribution in [0.15, 0.2) is 11.4 Å². The van der Waals surface area contributed by atoms with Crippen LogP contribution in [0.4, 0.5) is 11.6 Å². The van der Waals surface area contributed by atoms with Gasteiger partial charge in [-0.3, -0.25) is 0 Å². The minimum atomic E-state index is 0.552. The molecule has 6 heteroatoms. The number of hydrogen-bond donors (Lipinski definition) is 2. The average molecular weight is 289 g/mol. The Hall–Kier alpha value is -1.69. The van der Waals surface area contributed by atoms with Crippen LogP contribution in [0.3, 0.4) is 0 Å². The molecule has 0 unspecified atom stereocenters. The van der Waals surface area contributed by atoms with Gasteiger partial charge in [-0.25, -0.2) is 15.0 Å². The molecular formula is C14H19N5S. The van der Waals surface area contributed by atoms with Crippen LogP contribution in [-0.4, -0.2) is 21.5 Å². The maximum atomic E-state index is 4.61. The van der Waals surface area contributed by atoms with Crippen LogP contribution in [-0.2, 0) is 6.54 Å². The summed E-state index contributed by atoms with van der Waals surface area (Å²) in [6.07, 6.45) is 2.42. The van der Waals surface area contributed by atoms with E-state index in [-0.39, 0.29) is 0 Å². The van der Waals surface area contributed by atoms with Crippen LogP contribution >= 0.6 is 11.3 Å².